The van der Waals surface area contributed by atoms with Gasteiger partial charge >= 0.3 is 35.8 Å². The van der Waals surface area contributed by atoms with Gasteiger partial charge in [0.1, 0.15) is 0 Å². The van der Waals surface area contributed by atoms with E-state index in [0.717, 1.165) is 0 Å². The molecule has 0 heterocycles. The van der Waals surface area contributed by atoms with Gasteiger partial charge in [0.15, 0.2) is 0 Å². The summed E-state index contributed by atoms with van der Waals surface area (Å²) in [7, 11) is 0. The zero-order chi connectivity index (χ0) is 18.2. The second-order valence-electron chi connectivity index (χ2n) is 3.93. The van der Waals surface area contributed by atoms with Gasteiger partial charge in [0.25, 0.3) is 0 Å². The molecule has 0 aromatic carbocycles. The fourth-order valence-electron chi connectivity index (χ4n) is 0.986. The zero-order valence-corrected chi connectivity index (χ0v) is 10.4. The molecule has 0 aliphatic rings. The molecule has 0 N–H and O–H groups in total. The van der Waals surface area contributed by atoms with Crippen molar-refractivity contribution in [2.45, 2.75) is 43.2 Å². The maximum atomic E-state index is 12.9. The maximum absolute atomic E-state index is 12.9. The quantitative estimate of drug-likeness (QED) is 0.530. The van der Waals surface area contributed by atoms with E-state index in [1.165, 1.54) is 6.92 Å². The van der Waals surface area contributed by atoms with Crippen LogP contribution in [0.2, 0.25) is 0 Å². The van der Waals surface area contributed by atoms with Crippen LogP contribution in [0.15, 0.2) is 0 Å². The van der Waals surface area contributed by atoms with E-state index in [4.69, 9.17) is 0 Å². The minimum absolute atomic E-state index is 0.234. The van der Waals surface area contributed by atoms with Gasteiger partial charge in [-0.1, -0.05) is 6.92 Å². The van der Waals surface area contributed by atoms with Gasteiger partial charge in [-0.15, -0.1) is 0 Å². The van der Waals surface area contributed by atoms with E-state index in [-0.39, 0.29) is 6.42 Å². The number of hydrogen-bond donors (Lipinski definition) is 0. The van der Waals surface area contributed by atoms with Crippen molar-refractivity contribution in [2.24, 2.45) is 0 Å². The second-order valence-corrected chi connectivity index (χ2v) is 3.93. The molecule has 13 heteroatoms. The summed E-state index contributed by atoms with van der Waals surface area (Å²) >= 11 is 0. The SMILES string of the molecule is CCCOC(=O)C(F)(F)C(F)(F)C(F)(F)C(F)(F)C(F)(F)F. The Morgan fingerprint density at radius 3 is 1.50 bits per heavy atom. The van der Waals surface area contributed by atoms with Gasteiger partial charge in [-0.05, 0) is 6.42 Å². The molecule has 0 atom stereocenters. The lowest BCUT2D eigenvalue weighted by Gasteiger charge is -2.36. The summed E-state index contributed by atoms with van der Waals surface area (Å²) < 4.78 is 141. The van der Waals surface area contributed by atoms with Gasteiger partial charge in [-0.25, -0.2) is 4.79 Å². The lowest BCUT2D eigenvalue weighted by atomic mass is 9.98. The van der Waals surface area contributed by atoms with Crippen molar-refractivity contribution in [1.29, 1.82) is 0 Å². The van der Waals surface area contributed by atoms with Crippen LogP contribution >= 0.6 is 0 Å². The highest BCUT2D eigenvalue weighted by atomic mass is 19.4. The smallest absolute Gasteiger partial charge is 0.460 e. The Kier molecular flexibility index (Phi) is 5.38. The molecule has 0 aromatic heterocycles. The van der Waals surface area contributed by atoms with Gasteiger partial charge in [0, 0.05) is 0 Å². The van der Waals surface area contributed by atoms with Gasteiger partial charge in [0.2, 0.25) is 0 Å². The molecule has 0 bridgehead atoms. The van der Waals surface area contributed by atoms with Gasteiger partial charge in [0.05, 0.1) is 6.61 Å². The van der Waals surface area contributed by atoms with Crippen molar-refractivity contribution in [3.8, 4) is 0 Å². The number of esters is 1. The van der Waals surface area contributed by atoms with Crippen LogP contribution in [0, 0.1) is 0 Å². The van der Waals surface area contributed by atoms with Crippen molar-refractivity contribution in [2.75, 3.05) is 6.61 Å². The number of halogens is 11. The first-order valence-corrected chi connectivity index (χ1v) is 5.23. The molecule has 0 unspecified atom stereocenters. The summed E-state index contributed by atoms with van der Waals surface area (Å²) in [6.07, 6.45) is -7.49. The van der Waals surface area contributed by atoms with Crippen LogP contribution in [0.25, 0.3) is 0 Å². The third-order valence-electron chi connectivity index (χ3n) is 2.23. The molecule has 22 heavy (non-hydrogen) atoms. The highest BCUT2D eigenvalue weighted by Crippen LogP contribution is 2.57. The van der Waals surface area contributed by atoms with Crippen molar-refractivity contribution in [3.05, 3.63) is 0 Å². The molecule has 0 aromatic rings. The molecule has 0 amide bonds. The van der Waals surface area contributed by atoms with E-state index in [9.17, 15) is 53.1 Å². The molecule has 2 nitrogen and oxygen atoms in total. The summed E-state index contributed by atoms with van der Waals surface area (Å²) in [6, 6.07) is 0. The molecule has 0 saturated carbocycles. The first kappa shape index (κ1) is 20.7. The topological polar surface area (TPSA) is 26.3 Å². The molecule has 0 fully saturated rings. The van der Waals surface area contributed by atoms with Gasteiger partial charge in [-0.3, -0.25) is 0 Å². The van der Waals surface area contributed by atoms with Crippen LogP contribution in [0.3, 0.4) is 0 Å². The second kappa shape index (κ2) is 5.72. The minimum Gasteiger partial charge on any atom is -0.461 e. The third kappa shape index (κ3) is 2.93. The van der Waals surface area contributed by atoms with Crippen LogP contribution in [0.4, 0.5) is 48.3 Å². The number of rotatable bonds is 6. The number of carbonyl (C=O) groups is 1. The Bertz CT molecular complexity index is 412. The Morgan fingerprint density at radius 1 is 0.773 bits per heavy atom. The zero-order valence-electron chi connectivity index (χ0n) is 10.4. The molecule has 0 aliphatic heterocycles. The van der Waals surface area contributed by atoms with Gasteiger partial charge < -0.3 is 4.74 Å². The van der Waals surface area contributed by atoms with Crippen LogP contribution in [-0.2, 0) is 9.53 Å². The number of carbonyl (C=O) groups excluding carboxylic acids is 1. The Hall–Kier alpha value is -1.30. The monoisotopic (exact) mass is 356 g/mol. The van der Waals surface area contributed by atoms with E-state index in [0.29, 0.717) is 0 Å². The Balaban J connectivity index is 5.84. The third-order valence-corrected chi connectivity index (χ3v) is 2.23. The number of alkyl halides is 11. The van der Waals surface area contributed by atoms with Crippen molar-refractivity contribution in [3.63, 3.8) is 0 Å². The van der Waals surface area contributed by atoms with Crippen LogP contribution in [0.5, 0.6) is 0 Å². The van der Waals surface area contributed by atoms with Crippen molar-refractivity contribution in [1.82, 2.24) is 0 Å². The summed E-state index contributed by atoms with van der Waals surface area (Å²) in [5.41, 5.74) is 0. The largest absolute Gasteiger partial charge is 0.461 e. The van der Waals surface area contributed by atoms with E-state index in [2.05, 4.69) is 4.74 Å². The molecule has 0 aliphatic carbocycles. The minimum atomic E-state index is -7.60. The van der Waals surface area contributed by atoms with Crippen LogP contribution < -0.4 is 0 Å². The van der Waals surface area contributed by atoms with E-state index in [1.807, 2.05) is 0 Å². The van der Waals surface area contributed by atoms with Crippen molar-refractivity contribution < 1.29 is 57.8 Å². The highest BCUT2D eigenvalue weighted by molar-refractivity contribution is 5.79. The molecule has 0 saturated heterocycles. The standard InChI is InChI=1S/C9H7F11O2/c1-2-3-22-4(21)5(10,11)6(12,13)7(14,15)8(16,17)9(18,19)20/h2-3H2,1H3. The summed E-state index contributed by atoms with van der Waals surface area (Å²) in [6.45, 7) is 0.210. The lowest BCUT2D eigenvalue weighted by molar-refractivity contribution is -0.418. The predicted octanol–water partition coefficient (Wildman–Crippen LogP) is 4.04. The summed E-state index contributed by atoms with van der Waals surface area (Å²) in [4.78, 5) is 10.6. The van der Waals surface area contributed by atoms with Crippen LogP contribution in [0.1, 0.15) is 13.3 Å². The molecule has 0 spiro atoms. The van der Waals surface area contributed by atoms with Crippen LogP contribution in [-0.4, -0.2) is 42.4 Å². The average molecular weight is 356 g/mol. The molecule has 0 radical (unpaired) electrons. The summed E-state index contributed by atoms with van der Waals surface area (Å²) in [5.74, 6) is -32.4. The molecule has 0 rings (SSSR count). The number of hydrogen-bond acceptors (Lipinski definition) is 2. The Labute approximate surface area is 115 Å². The molecular weight excluding hydrogens is 349 g/mol. The first-order valence-electron chi connectivity index (χ1n) is 5.23. The Morgan fingerprint density at radius 2 is 1.18 bits per heavy atom. The number of ether oxygens (including phenoxy) is 1. The average Bonchev–Trinajstić information content (AvgIpc) is 2.33. The first-order chi connectivity index (χ1) is 9.48. The lowest BCUT2D eigenvalue weighted by Crippen LogP contribution is -2.68. The summed E-state index contributed by atoms with van der Waals surface area (Å²) in [5, 5.41) is 0. The van der Waals surface area contributed by atoms with Crippen molar-refractivity contribution >= 4 is 5.97 Å². The van der Waals surface area contributed by atoms with Gasteiger partial charge in [-0.2, -0.15) is 48.3 Å². The highest BCUT2D eigenvalue weighted by Gasteiger charge is 2.88. The maximum Gasteiger partial charge on any atom is 0.460 e. The normalized spacial score (nSPS) is 14.9. The van der Waals surface area contributed by atoms with E-state index >= 15 is 0 Å². The fourth-order valence-corrected chi connectivity index (χ4v) is 0.986. The fraction of sp³-hybridized carbons (Fsp3) is 0.889. The van der Waals surface area contributed by atoms with E-state index in [1.54, 1.807) is 0 Å². The molecule has 132 valence electrons. The molecular formula is C9H7F11O2. The predicted molar refractivity (Wildman–Crippen MR) is 47.1 cm³/mol. The van der Waals surface area contributed by atoms with E-state index < -0.39 is 42.4 Å².